The third-order valence-electron chi connectivity index (χ3n) is 2.85. The number of rotatable bonds is 4. The lowest BCUT2D eigenvalue weighted by atomic mass is 10.1. The van der Waals surface area contributed by atoms with Gasteiger partial charge in [0.25, 0.3) is 5.91 Å². The molecule has 4 N–H and O–H groups in total. The van der Waals surface area contributed by atoms with E-state index < -0.39 is 6.04 Å². The lowest BCUT2D eigenvalue weighted by molar-refractivity contribution is 0.0948. The molecule has 1 aromatic heterocycles. The first kappa shape index (κ1) is 13.5. The zero-order valence-corrected chi connectivity index (χ0v) is 10.8. The van der Waals surface area contributed by atoms with E-state index >= 15 is 0 Å². The van der Waals surface area contributed by atoms with Gasteiger partial charge in [-0.15, -0.1) is 0 Å². The van der Waals surface area contributed by atoms with Crippen molar-refractivity contribution in [3.8, 4) is 0 Å². The lowest BCUT2D eigenvalue weighted by Gasteiger charge is -2.10. The number of benzene rings is 1. The number of aromatic nitrogens is 1. The van der Waals surface area contributed by atoms with Crippen LogP contribution in [0.4, 0.5) is 0 Å². The van der Waals surface area contributed by atoms with Gasteiger partial charge < -0.3 is 16.2 Å². The Morgan fingerprint density at radius 1 is 1.42 bits per heavy atom. The van der Waals surface area contributed by atoms with Crippen LogP contribution in [0.1, 0.15) is 16.1 Å². The van der Waals surface area contributed by atoms with Gasteiger partial charge in [-0.3, -0.25) is 9.78 Å². The van der Waals surface area contributed by atoms with Gasteiger partial charge in [-0.05, 0) is 31.2 Å². The Labute approximate surface area is 111 Å². The number of nitrogens with two attached hydrogens (primary N) is 1. The Balaban J connectivity index is 2.16. The summed E-state index contributed by atoms with van der Waals surface area (Å²) in [5.41, 5.74) is 7.90. The summed E-state index contributed by atoms with van der Waals surface area (Å²) in [7, 11) is 0. The maximum atomic E-state index is 11.9. The maximum Gasteiger partial charge on any atom is 0.251 e. The Kier molecular flexibility index (Phi) is 4.09. The second kappa shape index (κ2) is 5.77. The van der Waals surface area contributed by atoms with Crippen LogP contribution in [-0.2, 0) is 0 Å². The number of carbonyl (C=O) groups is 1. The minimum atomic E-state index is -0.436. The van der Waals surface area contributed by atoms with Gasteiger partial charge in [0, 0.05) is 29.2 Å². The summed E-state index contributed by atoms with van der Waals surface area (Å²) in [6.45, 7) is 2.02. The van der Waals surface area contributed by atoms with Crippen LogP contribution in [0.3, 0.4) is 0 Å². The van der Waals surface area contributed by atoms with Crippen molar-refractivity contribution in [2.24, 2.45) is 5.73 Å². The van der Waals surface area contributed by atoms with Crippen LogP contribution < -0.4 is 11.1 Å². The van der Waals surface area contributed by atoms with Crippen LogP contribution in [0, 0.1) is 6.92 Å². The molecule has 0 radical (unpaired) electrons. The summed E-state index contributed by atoms with van der Waals surface area (Å²) in [5, 5.41) is 12.4. The second-order valence-electron chi connectivity index (χ2n) is 4.51. The highest BCUT2D eigenvalue weighted by Crippen LogP contribution is 2.14. The summed E-state index contributed by atoms with van der Waals surface area (Å²) in [6, 6.07) is 8.76. The van der Waals surface area contributed by atoms with Gasteiger partial charge in [-0.2, -0.15) is 0 Å². The minimum absolute atomic E-state index is 0.152. The predicted molar refractivity (Wildman–Crippen MR) is 73.9 cm³/mol. The molecular weight excluding hydrogens is 242 g/mol. The molecule has 0 saturated heterocycles. The van der Waals surface area contributed by atoms with Crippen molar-refractivity contribution in [1.82, 2.24) is 10.3 Å². The highest BCUT2D eigenvalue weighted by Gasteiger charge is 2.08. The number of nitrogens with zero attached hydrogens (tertiary/aromatic N) is 1. The number of aryl methyl sites for hydroxylation is 1. The molecular formula is C14H17N3O2. The first-order valence-electron chi connectivity index (χ1n) is 6.12. The highest BCUT2D eigenvalue weighted by atomic mass is 16.3. The van der Waals surface area contributed by atoms with Crippen molar-refractivity contribution in [2.45, 2.75) is 13.0 Å². The first-order valence-corrected chi connectivity index (χ1v) is 6.12. The molecule has 2 rings (SSSR count). The monoisotopic (exact) mass is 259 g/mol. The third kappa shape index (κ3) is 3.27. The standard InChI is InChI=1S/C14H17N3O2/c1-9-2-3-10-6-11(4-5-13(10)17-9)14(19)16-7-12(15)8-18/h2-6,12,18H,7-8,15H2,1H3,(H,16,19)/t12-/m1/s1. The van der Waals surface area contributed by atoms with E-state index in [-0.39, 0.29) is 19.1 Å². The summed E-state index contributed by atoms with van der Waals surface area (Å²) in [5.74, 6) is -0.202. The molecule has 1 heterocycles. The van der Waals surface area contributed by atoms with Crippen molar-refractivity contribution in [3.05, 3.63) is 41.6 Å². The SMILES string of the molecule is Cc1ccc2cc(C(=O)NC[C@@H](N)CO)ccc2n1. The molecule has 0 aliphatic heterocycles. The van der Waals surface area contributed by atoms with Gasteiger partial charge in [0.2, 0.25) is 0 Å². The zero-order chi connectivity index (χ0) is 13.8. The Hall–Kier alpha value is -1.98. The lowest BCUT2D eigenvalue weighted by Crippen LogP contribution is -2.39. The molecule has 0 fully saturated rings. The van der Waals surface area contributed by atoms with Crippen LogP contribution >= 0.6 is 0 Å². The molecule has 0 aliphatic rings. The van der Waals surface area contributed by atoms with Crippen molar-refractivity contribution in [1.29, 1.82) is 0 Å². The fourth-order valence-electron chi connectivity index (χ4n) is 1.76. The molecule has 0 unspecified atom stereocenters. The van der Waals surface area contributed by atoms with Crippen LogP contribution in [0.25, 0.3) is 10.9 Å². The number of carbonyl (C=O) groups excluding carboxylic acids is 1. The molecule has 1 aromatic carbocycles. The van der Waals surface area contributed by atoms with E-state index in [1.165, 1.54) is 0 Å². The van der Waals surface area contributed by atoms with Gasteiger partial charge in [-0.1, -0.05) is 6.07 Å². The molecule has 0 bridgehead atoms. The molecule has 0 spiro atoms. The second-order valence-corrected chi connectivity index (χ2v) is 4.51. The third-order valence-corrected chi connectivity index (χ3v) is 2.85. The van der Waals surface area contributed by atoms with Crippen LogP contribution in [0.2, 0.25) is 0 Å². The summed E-state index contributed by atoms with van der Waals surface area (Å²) >= 11 is 0. The van der Waals surface area contributed by atoms with Crippen molar-refractivity contribution in [2.75, 3.05) is 13.2 Å². The quantitative estimate of drug-likeness (QED) is 0.750. The van der Waals surface area contributed by atoms with E-state index in [1.54, 1.807) is 12.1 Å². The smallest absolute Gasteiger partial charge is 0.251 e. The fourth-order valence-corrected chi connectivity index (χ4v) is 1.76. The van der Waals surface area contributed by atoms with Crippen molar-refractivity contribution >= 4 is 16.8 Å². The summed E-state index contributed by atoms with van der Waals surface area (Å²) < 4.78 is 0. The normalized spacial score (nSPS) is 12.4. The number of nitrogens with one attached hydrogen (secondary N) is 1. The molecule has 0 aliphatic carbocycles. The number of fused-ring (bicyclic) bond motifs is 1. The molecule has 5 nitrogen and oxygen atoms in total. The Morgan fingerprint density at radius 3 is 2.95 bits per heavy atom. The number of hydrogen-bond donors (Lipinski definition) is 3. The van der Waals surface area contributed by atoms with Gasteiger partial charge in [0.15, 0.2) is 0 Å². The van der Waals surface area contributed by atoms with Gasteiger partial charge >= 0.3 is 0 Å². The highest BCUT2D eigenvalue weighted by molar-refractivity contribution is 5.97. The van der Waals surface area contributed by atoms with Crippen LogP contribution in [-0.4, -0.2) is 35.2 Å². The molecule has 2 aromatic rings. The summed E-state index contributed by atoms with van der Waals surface area (Å²) in [6.07, 6.45) is 0. The van der Waals surface area contributed by atoms with E-state index in [2.05, 4.69) is 10.3 Å². The molecule has 0 saturated carbocycles. The molecule has 1 atom stereocenters. The molecule has 100 valence electrons. The summed E-state index contributed by atoms with van der Waals surface area (Å²) in [4.78, 5) is 16.3. The largest absolute Gasteiger partial charge is 0.395 e. The fraction of sp³-hybridized carbons (Fsp3) is 0.286. The van der Waals surface area contributed by atoms with Gasteiger partial charge in [0.05, 0.1) is 12.1 Å². The number of aliphatic hydroxyl groups excluding tert-OH is 1. The number of hydrogen-bond acceptors (Lipinski definition) is 4. The van der Waals surface area contributed by atoms with E-state index in [0.29, 0.717) is 5.56 Å². The Morgan fingerprint density at radius 2 is 2.21 bits per heavy atom. The Bertz CT molecular complexity index is 598. The van der Waals surface area contributed by atoms with Crippen molar-refractivity contribution < 1.29 is 9.90 Å². The van der Waals surface area contributed by atoms with Crippen LogP contribution in [0.5, 0.6) is 0 Å². The van der Waals surface area contributed by atoms with E-state index in [0.717, 1.165) is 16.6 Å². The maximum absolute atomic E-state index is 11.9. The predicted octanol–water partition coefficient (Wildman–Crippen LogP) is 0.593. The van der Waals surface area contributed by atoms with Gasteiger partial charge in [-0.25, -0.2) is 0 Å². The van der Waals surface area contributed by atoms with E-state index in [1.807, 2.05) is 25.1 Å². The first-order chi connectivity index (χ1) is 9.10. The van der Waals surface area contributed by atoms with Crippen LogP contribution in [0.15, 0.2) is 30.3 Å². The molecule has 19 heavy (non-hydrogen) atoms. The van der Waals surface area contributed by atoms with Crippen molar-refractivity contribution in [3.63, 3.8) is 0 Å². The number of pyridine rings is 1. The number of aliphatic hydroxyl groups is 1. The van der Waals surface area contributed by atoms with E-state index in [4.69, 9.17) is 10.8 Å². The minimum Gasteiger partial charge on any atom is -0.395 e. The zero-order valence-electron chi connectivity index (χ0n) is 10.8. The average molecular weight is 259 g/mol. The van der Waals surface area contributed by atoms with Gasteiger partial charge in [0.1, 0.15) is 0 Å². The molecule has 1 amide bonds. The molecule has 5 heteroatoms. The topological polar surface area (TPSA) is 88.2 Å². The average Bonchev–Trinajstić information content (AvgIpc) is 2.43. The number of amides is 1. The van der Waals surface area contributed by atoms with E-state index in [9.17, 15) is 4.79 Å².